The predicted octanol–water partition coefficient (Wildman–Crippen LogP) is -1.43. The van der Waals surface area contributed by atoms with Crippen LogP contribution in [0.25, 0.3) is 0 Å². The molecule has 1 rings (SSSR count). The fraction of sp³-hybridized carbons (Fsp3) is 0.143. The third kappa shape index (κ3) is 6.79. The van der Waals surface area contributed by atoms with Gasteiger partial charge in [-0.1, -0.05) is 17.7 Å². The van der Waals surface area contributed by atoms with Crippen molar-refractivity contribution in [2.24, 2.45) is 0 Å². The second-order valence-corrected chi connectivity index (χ2v) is 4.49. The Hall–Kier alpha value is 0.300. The summed E-state index contributed by atoms with van der Waals surface area (Å²) in [6, 6.07) is 6.42. The first-order valence-electron chi connectivity index (χ1n) is 3.25. The molecule has 16 heavy (non-hydrogen) atoms. The topological polar surface area (TPSA) is 141 Å². The van der Waals surface area contributed by atoms with Crippen LogP contribution in [0.1, 0.15) is 5.56 Å². The van der Waals surface area contributed by atoms with Gasteiger partial charge in [-0.15, -0.1) is 4.24 Å². The standard InChI is InChI=1S/C7H8ClNO2S.Na.3H2O/c1-6-2-4-7(5-3-6)12(10,11)9-8;;;;/h2-5,9H,1H3;;3*1H2. The average molecular weight is 283 g/mol. The maximum atomic E-state index is 11.1. The van der Waals surface area contributed by atoms with Gasteiger partial charge < -0.3 is 16.4 Å². The van der Waals surface area contributed by atoms with E-state index in [0.717, 1.165) is 5.56 Å². The van der Waals surface area contributed by atoms with E-state index in [1.165, 1.54) is 12.1 Å². The molecular weight excluding hydrogens is 269 g/mol. The zero-order valence-corrected chi connectivity index (χ0v) is 12.5. The first-order chi connectivity index (χ1) is 5.56. The van der Waals surface area contributed by atoms with Gasteiger partial charge in [0, 0.05) is 29.6 Å². The molecule has 0 aromatic heterocycles. The molecule has 0 fully saturated rings. The van der Waals surface area contributed by atoms with Crippen molar-refractivity contribution in [3.05, 3.63) is 29.8 Å². The largest absolute Gasteiger partial charge is 0.412 e. The minimum absolute atomic E-state index is 0. The zero-order valence-electron chi connectivity index (χ0n) is 8.91. The molecular formula is C7H14ClNNaO5S. The smallest absolute Gasteiger partial charge is 0.253 e. The Bertz CT molecular complexity index is 369. The summed E-state index contributed by atoms with van der Waals surface area (Å²) in [6.07, 6.45) is 0. The van der Waals surface area contributed by atoms with Gasteiger partial charge in [0.15, 0.2) is 0 Å². The van der Waals surface area contributed by atoms with Crippen molar-refractivity contribution >= 4 is 51.4 Å². The van der Waals surface area contributed by atoms with E-state index < -0.39 is 10.0 Å². The van der Waals surface area contributed by atoms with E-state index in [-0.39, 0.29) is 50.9 Å². The van der Waals surface area contributed by atoms with Gasteiger partial charge in [0.25, 0.3) is 10.0 Å². The summed E-state index contributed by atoms with van der Waals surface area (Å²) in [5.74, 6) is 0. The van der Waals surface area contributed by atoms with E-state index in [1.807, 2.05) is 6.92 Å². The van der Waals surface area contributed by atoms with Crippen molar-refractivity contribution in [2.75, 3.05) is 0 Å². The van der Waals surface area contributed by atoms with Gasteiger partial charge >= 0.3 is 0 Å². The van der Waals surface area contributed by atoms with Crippen LogP contribution < -0.4 is 4.24 Å². The van der Waals surface area contributed by atoms with Crippen molar-refractivity contribution in [3.63, 3.8) is 0 Å². The Morgan fingerprint density at radius 1 is 1.06 bits per heavy atom. The van der Waals surface area contributed by atoms with Crippen LogP contribution >= 0.6 is 11.8 Å². The average Bonchev–Trinajstić information content (AvgIpc) is 2.05. The van der Waals surface area contributed by atoms with Gasteiger partial charge in [0.05, 0.1) is 4.90 Å². The molecule has 0 saturated heterocycles. The predicted molar refractivity (Wildman–Crippen MR) is 63.9 cm³/mol. The van der Waals surface area contributed by atoms with Crippen molar-refractivity contribution < 1.29 is 24.8 Å². The second kappa shape index (κ2) is 10.5. The maximum absolute atomic E-state index is 11.1. The third-order valence-corrected chi connectivity index (χ3v) is 3.14. The fourth-order valence-electron chi connectivity index (χ4n) is 0.762. The van der Waals surface area contributed by atoms with E-state index in [4.69, 9.17) is 11.8 Å². The summed E-state index contributed by atoms with van der Waals surface area (Å²) in [6.45, 7) is 1.88. The van der Waals surface area contributed by atoms with Gasteiger partial charge in [-0.3, -0.25) is 0 Å². The monoisotopic (exact) mass is 282 g/mol. The van der Waals surface area contributed by atoms with Crippen molar-refractivity contribution in [1.82, 2.24) is 4.24 Å². The Morgan fingerprint density at radius 2 is 1.44 bits per heavy atom. The van der Waals surface area contributed by atoms with Gasteiger partial charge in [-0.05, 0) is 30.8 Å². The van der Waals surface area contributed by atoms with Gasteiger partial charge in [-0.2, -0.15) is 0 Å². The normalized spacial score (nSPS) is 8.62. The van der Waals surface area contributed by atoms with Gasteiger partial charge in [-0.25, -0.2) is 8.42 Å². The van der Waals surface area contributed by atoms with Crippen LogP contribution in [0.15, 0.2) is 29.2 Å². The van der Waals surface area contributed by atoms with Crippen LogP contribution in [-0.2, 0) is 10.0 Å². The van der Waals surface area contributed by atoms with E-state index in [9.17, 15) is 8.42 Å². The second-order valence-electron chi connectivity index (χ2n) is 2.39. The van der Waals surface area contributed by atoms with Crippen LogP contribution in [0.2, 0.25) is 0 Å². The number of sulfonamides is 1. The van der Waals surface area contributed by atoms with Gasteiger partial charge in [0.1, 0.15) is 0 Å². The Kier molecular flexibility index (Phi) is 16.5. The molecule has 0 aliphatic heterocycles. The molecule has 0 unspecified atom stereocenters. The summed E-state index contributed by atoms with van der Waals surface area (Å²) in [4.78, 5) is 0.170. The summed E-state index contributed by atoms with van der Waals surface area (Å²) in [5.41, 5.74) is 1.00. The molecule has 1 aromatic rings. The Balaban J connectivity index is -0.000000180. The first-order valence-corrected chi connectivity index (χ1v) is 5.11. The number of aryl methyl sites for hydroxylation is 1. The minimum atomic E-state index is -3.50. The molecule has 1 aromatic carbocycles. The third-order valence-electron chi connectivity index (χ3n) is 1.43. The molecule has 0 atom stereocenters. The quantitative estimate of drug-likeness (QED) is 0.524. The van der Waals surface area contributed by atoms with Crippen molar-refractivity contribution in [2.45, 2.75) is 11.8 Å². The zero-order chi connectivity index (χ0) is 9.19. The molecule has 0 heterocycles. The first kappa shape index (κ1) is 25.2. The molecule has 7 N–H and O–H groups in total. The molecule has 0 saturated carbocycles. The Morgan fingerprint density at radius 3 is 1.75 bits per heavy atom. The molecule has 0 bridgehead atoms. The van der Waals surface area contributed by atoms with Crippen molar-refractivity contribution in [1.29, 1.82) is 0 Å². The molecule has 6 nitrogen and oxygen atoms in total. The molecule has 1 radical (unpaired) electrons. The number of nitrogens with one attached hydrogen (secondary N) is 1. The van der Waals surface area contributed by atoms with Crippen LogP contribution in [-0.4, -0.2) is 54.4 Å². The summed E-state index contributed by atoms with van der Waals surface area (Å²) < 4.78 is 23.9. The van der Waals surface area contributed by atoms with E-state index in [1.54, 1.807) is 16.4 Å². The van der Waals surface area contributed by atoms with Crippen LogP contribution in [0, 0.1) is 6.92 Å². The van der Waals surface area contributed by atoms with Crippen LogP contribution in [0.4, 0.5) is 0 Å². The molecule has 91 valence electrons. The maximum Gasteiger partial charge on any atom is 0.253 e. The summed E-state index contributed by atoms with van der Waals surface area (Å²) >= 11 is 5.03. The van der Waals surface area contributed by atoms with E-state index in [2.05, 4.69) is 0 Å². The van der Waals surface area contributed by atoms with Crippen LogP contribution in [0.3, 0.4) is 0 Å². The number of benzene rings is 1. The molecule has 0 aliphatic rings. The Labute approximate surface area is 121 Å². The van der Waals surface area contributed by atoms with E-state index in [0.29, 0.717) is 0 Å². The minimum Gasteiger partial charge on any atom is -0.412 e. The number of halogens is 1. The molecule has 0 spiro atoms. The SMILES string of the molecule is Cc1ccc(S(=O)(=O)NCl)cc1.O.O.O.[Na]. The van der Waals surface area contributed by atoms with Crippen LogP contribution in [0.5, 0.6) is 0 Å². The summed E-state index contributed by atoms with van der Waals surface area (Å²) in [7, 11) is -3.50. The molecule has 0 amide bonds. The fourth-order valence-corrected chi connectivity index (χ4v) is 1.61. The number of hydrogen-bond donors (Lipinski definition) is 1. The number of hydrogen-bond acceptors (Lipinski definition) is 2. The summed E-state index contributed by atoms with van der Waals surface area (Å²) in [5, 5.41) is 0. The molecule has 0 aliphatic carbocycles. The van der Waals surface area contributed by atoms with Crippen molar-refractivity contribution in [3.8, 4) is 0 Å². The number of rotatable bonds is 2. The van der Waals surface area contributed by atoms with Gasteiger partial charge in [0.2, 0.25) is 0 Å². The molecule has 9 heteroatoms. The van der Waals surface area contributed by atoms with E-state index >= 15 is 0 Å².